The van der Waals surface area contributed by atoms with Gasteiger partial charge in [0, 0.05) is 22.8 Å². The standard InChI is InChI=1S/C32H44N2.2C11H23.Ni/c1-8-15-16-26-21-31(27-17-22(9-2)29(13-6)23(10-3)18-27)34(33)32(26)28-19-24(11-4)30(14-7)25(12-5)20-28;2*1-3-5-7-9-11-10-8-6-4-2;/h17-21H,8-16H2,1-7H3;2*1,3-11H2,2H3;/q;2*-1;+2. The molecule has 2 aromatic rings. The molecule has 0 atom stereocenters. The van der Waals surface area contributed by atoms with Crippen LogP contribution < -0.4 is 0 Å². The topological polar surface area (TPSA) is 25.3 Å². The average Bonchev–Trinajstić information content (AvgIpc) is 3.56. The van der Waals surface area contributed by atoms with Gasteiger partial charge in [0.05, 0.1) is 0 Å². The smallest absolute Gasteiger partial charge is 0.493 e. The van der Waals surface area contributed by atoms with Gasteiger partial charge in [-0.2, -0.15) is 12.8 Å². The Kier molecular flexibility index (Phi) is 33.6. The Morgan fingerprint density at radius 2 is 0.772 bits per heavy atom. The molecule has 0 saturated carbocycles. The van der Waals surface area contributed by atoms with Gasteiger partial charge >= 0.3 is 16.5 Å². The number of benzene rings is 2. The Morgan fingerprint density at radius 1 is 0.439 bits per heavy atom. The molecule has 0 N–H and O–H groups in total. The fourth-order valence-corrected chi connectivity index (χ4v) is 8.29. The molecule has 57 heavy (non-hydrogen) atoms. The number of allylic oxidation sites excluding steroid dienone is 2. The van der Waals surface area contributed by atoms with Crippen molar-refractivity contribution < 1.29 is 21.2 Å². The number of hydrogen-bond donors (Lipinski definition) is 0. The van der Waals surface area contributed by atoms with E-state index in [4.69, 9.17) is 0 Å². The molecule has 0 spiro atoms. The molecule has 2 nitrogen and oxygen atoms in total. The molecule has 1 aliphatic heterocycles. The zero-order chi connectivity index (χ0) is 41.6. The second-order valence-electron chi connectivity index (χ2n) is 16.1. The second-order valence-corrected chi connectivity index (χ2v) is 16.1. The van der Waals surface area contributed by atoms with Gasteiger partial charge in [0.25, 0.3) is 0 Å². The summed E-state index contributed by atoms with van der Waals surface area (Å²) >= 11 is 0. The van der Waals surface area contributed by atoms with Crippen molar-refractivity contribution in [2.45, 2.75) is 236 Å². The van der Waals surface area contributed by atoms with Gasteiger partial charge in [0.1, 0.15) is 0 Å². The van der Waals surface area contributed by atoms with Gasteiger partial charge in [-0.1, -0.05) is 171 Å². The Bertz CT molecular complexity index is 1330. The van der Waals surface area contributed by atoms with Crippen LogP contribution in [-0.4, -0.2) is 4.70 Å². The van der Waals surface area contributed by atoms with E-state index < -0.39 is 0 Å². The van der Waals surface area contributed by atoms with Gasteiger partial charge in [-0.05, 0) is 109 Å². The second kappa shape index (κ2) is 34.8. The number of hydrogen-bond acceptors (Lipinski definition) is 0. The summed E-state index contributed by atoms with van der Waals surface area (Å²) in [5.74, 6) is 0. The third-order valence-corrected chi connectivity index (χ3v) is 11.7. The quantitative estimate of drug-likeness (QED) is 0.0371. The number of aryl methyl sites for hydroxylation is 4. The van der Waals surface area contributed by atoms with Crippen molar-refractivity contribution in [2.24, 2.45) is 0 Å². The Labute approximate surface area is 366 Å². The molecule has 1 heterocycles. The summed E-state index contributed by atoms with van der Waals surface area (Å²) in [4.78, 5) is 0. The third kappa shape index (κ3) is 19.8. The van der Waals surface area contributed by atoms with Gasteiger partial charge in [-0.25, -0.2) is 4.70 Å². The van der Waals surface area contributed by atoms with Gasteiger partial charge in [0.15, 0.2) is 0 Å². The minimum Gasteiger partial charge on any atom is -0.493 e. The predicted octanol–water partition coefficient (Wildman–Crippen LogP) is 17.8. The van der Waals surface area contributed by atoms with Crippen LogP contribution in [-0.2, 0) is 55.0 Å². The van der Waals surface area contributed by atoms with Gasteiger partial charge in [-0.15, -0.1) is 0 Å². The molecule has 0 aliphatic carbocycles. The van der Waals surface area contributed by atoms with Crippen LogP contribution in [0.3, 0.4) is 0 Å². The van der Waals surface area contributed by atoms with E-state index in [0.717, 1.165) is 93.2 Å². The van der Waals surface area contributed by atoms with Crippen LogP contribution in [0.2, 0.25) is 0 Å². The summed E-state index contributed by atoms with van der Waals surface area (Å²) in [6, 6.07) is 9.27. The van der Waals surface area contributed by atoms with E-state index >= 15 is 0 Å². The van der Waals surface area contributed by atoms with Gasteiger partial charge in [-0.3, -0.25) is 0 Å². The van der Waals surface area contributed by atoms with Crippen LogP contribution in [0.4, 0.5) is 0 Å². The normalized spacial score (nSPS) is 12.2. The number of unbranched alkanes of at least 4 members (excludes halogenated alkanes) is 17. The molecule has 326 valence electrons. The maximum atomic E-state index is 11.6. The molecule has 3 rings (SSSR count). The molecular formula is C54H90N2Ni. The van der Waals surface area contributed by atoms with Crippen molar-refractivity contribution in [2.75, 3.05) is 0 Å². The summed E-state index contributed by atoms with van der Waals surface area (Å²) in [5.41, 5.74) is 25.7. The average molecular weight is 826 g/mol. The first-order valence-electron chi connectivity index (χ1n) is 24.1. The largest absolute Gasteiger partial charge is 2.00 e. The minimum atomic E-state index is 0. The summed E-state index contributed by atoms with van der Waals surface area (Å²) in [6.07, 6.45) is 36.5. The van der Waals surface area contributed by atoms with Gasteiger partial charge < -0.3 is 19.4 Å². The molecule has 0 saturated heterocycles. The maximum Gasteiger partial charge on any atom is 2.00 e. The van der Waals surface area contributed by atoms with Crippen molar-refractivity contribution in [1.82, 2.24) is 0 Å². The maximum absolute atomic E-state index is 11.6. The summed E-state index contributed by atoms with van der Waals surface area (Å²) in [5, 5.41) is 0. The predicted molar refractivity (Wildman–Crippen MR) is 252 cm³/mol. The number of nitrogens with zero attached hydrogens (tertiary/aromatic N) is 2. The van der Waals surface area contributed by atoms with E-state index in [0.29, 0.717) is 0 Å². The Morgan fingerprint density at radius 3 is 1.09 bits per heavy atom. The van der Waals surface area contributed by atoms with Crippen LogP contribution in [0.15, 0.2) is 35.9 Å². The van der Waals surface area contributed by atoms with Crippen LogP contribution in [0.1, 0.15) is 242 Å². The van der Waals surface area contributed by atoms with Gasteiger partial charge in [0.2, 0.25) is 11.4 Å². The van der Waals surface area contributed by atoms with E-state index in [-0.39, 0.29) is 16.5 Å². The van der Waals surface area contributed by atoms with Crippen molar-refractivity contribution >= 4 is 11.4 Å². The van der Waals surface area contributed by atoms with Crippen LogP contribution in [0, 0.1) is 13.8 Å². The molecule has 0 amide bonds. The molecule has 2 aromatic carbocycles. The van der Waals surface area contributed by atoms with Crippen LogP contribution >= 0.6 is 0 Å². The van der Waals surface area contributed by atoms with Crippen LogP contribution in [0.25, 0.3) is 16.9 Å². The summed E-state index contributed by atoms with van der Waals surface area (Å²) < 4.78 is 1.49. The molecule has 1 aliphatic rings. The van der Waals surface area contributed by atoms with Crippen LogP contribution in [0.5, 0.6) is 0 Å². The molecule has 0 fully saturated rings. The fraction of sp³-hybridized carbons (Fsp3) is 0.667. The van der Waals surface area contributed by atoms with E-state index in [1.165, 1.54) is 146 Å². The van der Waals surface area contributed by atoms with E-state index in [1.54, 1.807) is 0 Å². The zero-order valence-electron chi connectivity index (χ0n) is 39.1. The Balaban J connectivity index is 0.00000112. The zero-order valence-corrected chi connectivity index (χ0v) is 40.1. The van der Waals surface area contributed by atoms with Crippen molar-refractivity contribution in [3.63, 3.8) is 0 Å². The van der Waals surface area contributed by atoms with E-state index in [2.05, 4.69) is 107 Å². The van der Waals surface area contributed by atoms with Crippen molar-refractivity contribution in [3.05, 3.63) is 99.8 Å². The first-order chi connectivity index (χ1) is 27.3. The number of rotatable bonds is 27. The minimum absolute atomic E-state index is 0. The first-order valence-corrected chi connectivity index (χ1v) is 24.1. The summed E-state index contributed by atoms with van der Waals surface area (Å²) in [6.45, 7) is 27.9. The van der Waals surface area contributed by atoms with Crippen molar-refractivity contribution in [3.8, 4) is 0 Å². The van der Waals surface area contributed by atoms with E-state index in [9.17, 15) is 5.53 Å². The fourth-order valence-electron chi connectivity index (χ4n) is 8.29. The third-order valence-electron chi connectivity index (χ3n) is 11.7. The molecular weight excluding hydrogens is 735 g/mol. The molecule has 0 aromatic heterocycles. The molecule has 0 bridgehead atoms. The molecule has 0 unspecified atom stereocenters. The van der Waals surface area contributed by atoms with E-state index in [1.807, 2.05) is 0 Å². The first kappa shape index (κ1) is 55.0. The SMILES string of the molecule is CCCCC1=C(c2cc(CC)c(CC)c(CC)c2)[N+](=[N-])C(c2cc(CC)c(CC)c(CC)c2)=C1.[CH2-]CCCCCCCCCC.[CH2-]CCCCCCCCCC.[Ni+2]. The summed E-state index contributed by atoms with van der Waals surface area (Å²) in [7, 11) is 0. The molecule has 3 heteroatoms. The van der Waals surface area contributed by atoms with Crippen molar-refractivity contribution in [1.29, 1.82) is 0 Å². The molecule has 0 radical (unpaired) electrons. The Hall–Kier alpha value is -1.99. The monoisotopic (exact) mass is 825 g/mol.